The molecule has 0 saturated heterocycles. The lowest BCUT2D eigenvalue weighted by Gasteiger charge is -2.09. The third-order valence-electron chi connectivity index (χ3n) is 2.15. The summed E-state index contributed by atoms with van der Waals surface area (Å²) < 4.78 is 9.60. The molecule has 0 heterocycles. The summed E-state index contributed by atoms with van der Waals surface area (Å²) in [5, 5.41) is 10.8. The lowest BCUT2D eigenvalue weighted by molar-refractivity contribution is -0.516. The van der Waals surface area contributed by atoms with Crippen LogP contribution < -0.4 is 4.74 Å². The van der Waals surface area contributed by atoms with Crippen LogP contribution in [0.2, 0.25) is 0 Å². The number of carbonyl (C=O) groups is 1. The largest absolute Gasteiger partial charge is 0.497 e. The highest BCUT2D eigenvalue weighted by atomic mass is 16.6. The minimum absolute atomic E-state index is 0.110. The molecule has 1 atom stereocenters. The van der Waals surface area contributed by atoms with E-state index in [0.29, 0.717) is 5.75 Å². The van der Waals surface area contributed by atoms with E-state index < -0.39 is 16.9 Å². The van der Waals surface area contributed by atoms with Gasteiger partial charge in [-0.1, -0.05) is 0 Å². The van der Waals surface area contributed by atoms with Crippen LogP contribution in [0.1, 0.15) is 18.5 Å². The van der Waals surface area contributed by atoms with Crippen LogP contribution >= 0.6 is 0 Å². The normalized spacial score (nSPS) is 11.6. The molecule has 0 aliphatic carbocycles. The van der Waals surface area contributed by atoms with Crippen LogP contribution in [0.15, 0.2) is 24.3 Å². The van der Waals surface area contributed by atoms with Crippen LogP contribution in [0.25, 0.3) is 0 Å². The van der Waals surface area contributed by atoms with Gasteiger partial charge in [-0.15, -0.1) is 0 Å². The Morgan fingerprint density at radius 3 is 2.41 bits per heavy atom. The third kappa shape index (κ3) is 3.17. The first-order valence-electron chi connectivity index (χ1n) is 5.04. The second-order valence-corrected chi connectivity index (χ2v) is 3.21. The minimum Gasteiger partial charge on any atom is -0.497 e. The molecule has 0 spiro atoms. The average Bonchev–Trinajstić information content (AvgIpc) is 2.30. The zero-order chi connectivity index (χ0) is 12.8. The predicted molar refractivity (Wildman–Crippen MR) is 59.4 cm³/mol. The summed E-state index contributed by atoms with van der Waals surface area (Å²) >= 11 is 0. The van der Waals surface area contributed by atoms with E-state index in [-0.39, 0.29) is 12.2 Å². The molecule has 0 bridgehead atoms. The molecule has 0 aromatic heterocycles. The first kappa shape index (κ1) is 13.0. The van der Waals surface area contributed by atoms with Gasteiger partial charge in [-0.3, -0.25) is 10.1 Å². The van der Waals surface area contributed by atoms with Gasteiger partial charge in [-0.05, 0) is 31.2 Å². The van der Waals surface area contributed by atoms with Gasteiger partial charge in [0.15, 0.2) is 0 Å². The molecule has 0 saturated carbocycles. The maximum absolute atomic E-state index is 11.4. The Labute approximate surface area is 98.3 Å². The smallest absolute Gasteiger partial charge is 0.386 e. The molecule has 6 nitrogen and oxygen atoms in total. The maximum Gasteiger partial charge on any atom is 0.386 e. The third-order valence-corrected chi connectivity index (χ3v) is 2.15. The van der Waals surface area contributed by atoms with E-state index in [0.717, 1.165) is 0 Å². The minimum atomic E-state index is -1.49. The average molecular weight is 239 g/mol. The van der Waals surface area contributed by atoms with Crippen molar-refractivity contribution in [3.63, 3.8) is 0 Å². The van der Waals surface area contributed by atoms with Crippen LogP contribution in [-0.2, 0) is 9.53 Å². The fraction of sp³-hybridized carbons (Fsp3) is 0.364. The van der Waals surface area contributed by atoms with Gasteiger partial charge in [-0.25, -0.2) is 4.79 Å². The second-order valence-electron chi connectivity index (χ2n) is 3.21. The fourth-order valence-electron chi connectivity index (χ4n) is 1.35. The van der Waals surface area contributed by atoms with Crippen molar-refractivity contribution in [2.75, 3.05) is 13.7 Å². The molecule has 6 heteroatoms. The molecule has 92 valence electrons. The van der Waals surface area contributed by atoms with Gasteiger partial charge in [0.05, 0.1) is 13.7 Å². The van der Waals surface area contributed by atoms with E-state index >= 15 is 0 Å². The van der Waals surface area contributed by atoms with Gasteiger partial charge in [0.1, 0.15) is 5.75 Å². The number of hydrogen-bond acceptors (Lipinski definition) is 5. The van der Waals surface area contributed by atoms with Crippen molar-refractivity contribution in [3.8, 4) is 5.75 Å². The first-order chi connectivity index (χ1) is 8.10. The van der Waals surface area contributed by atoms with E-state index in [1.54, 1.807) is 19.1 Å². The first-order valence-corrected chi connectivity index (χ1v) is 5.04. The Balaban J connectivity index is 2.97. The number of esters is 1. The summed E-state index contributed by atoms with van der Waals surface area (Å²) in [6.45, 7) is 1.71. The second kappa shape index (κ2) is 5.83. The zero-order valence-electron chi connectivity index (χ0n) is 9.58. The van der Waals surface area contributed by atoms with E-state index in [1.807, 2.05) is 0 Å². The van der Waals surface area contributed by atoms with E-state index in [9.17, 15) is 14.9 Å². The summed E-state index contributed by atoms with van der Waals surface area (Å²) in [6, 6.07) is 4.59. The summed E-state index contributed by atoms with van der Waals surface area (Å²) in [5.74, 6) is -0.289. The number of nitrogens with zero attached hydrogens (tertiary/aromatic N) is 1. The van der Waals surface area contributed by atoms with Crippen LogP contribution in [0.4, 0.5) is 0 Å². The monoisotopic (exact) mass is 239 g/mol. The van der Waals surface area contributed by atoms with E-state index in [2.05, 4.69) is 4.74 Å². The van der Waals surface area contributed by atoms with Gasteiger partial charge < -0.3 is 9.47 Å². The number of nitro groups is 1. The number of methoxy groups -OCH3 is 1. The summed E-state index contributed by atoms with van der Waals surface area (Å²) in [7, 11) is 1.49. The van der Waals surface area contributed by atoms with E-state index in [1.165, 1.54) is 19.2 Å². The van der Waals surface area contributed by atoms with Crippen LogP contribution in [0.3, 0.4) is 0 Å². The van der Waals surface area contributed by atoms with Crippen molar-refractivity contribution in [3.05, 3.63) is 39.9 Å². The highest BCUT2D eigenvalue weighted by Crippen LogP contribution is 2.21. The molecule has 17 heavy (non-hydrogen) atoms. The highest BCUT2D eigenvalue weighted by Gasteiger charge is 2.33. The molecule has 0 fully saturated rings. The van der Waals surface area contributed by atoms with Crippen LogP contribution in [0, 0.1) is 10.1 Å². The Bertz CT molecular complexity index is 401. The molecule has 1 rings (SSSR count). The van der Waals surface area contributed by atoms with Gasteiger partial charge in [0.25, 0.3) is 0 Å². The SMILES string of the molecule is CCOC(=O)C(c1ccc(OC)cc1)[N+](=O)[O-]. The number of hydrogen-bond donors (Lipinski definition) is 0. The number of ether oxygens (including phenoxy) is 2. The standard InChI is InChI=1S/C11H13NO5/c1-3-17-11(13)10(12(14)15)8-4-6-9(16-2)7-5-8/h4-7,10H,3H2,1-2H3. The van der Waals surface area contributed by atoms with Crippen molar-refractivity contribution < 1.29 is 19.2 Å². The summed E-state index contributed by atoms with van der Waals surface area (Å²) in [6.07, 6.45) is 0. The van der Waals surface area contributed by atoms with Crippen LogP contribution in [-0.4, -0.2) is 24.6 Å². The molecular formula is C11H13NO5. The Morgan fingerprint density at radius 1 is 1.41 bits per heavy atom. The van der Waals surface area contributed by atoms with Crippen LogP contribution in [0.5, 0.6) is 5.75 Å². The molecule has 0 N–H and O–H groups in total. The van der Waals surface area contributed by atoms with Gasteiger partial charge in [-0.2, -0.15) is 0 Å². The zero-order valence-corrected chi connectivity index (χ0v) is 9.58. The number of benzene rings is 1. The van der Waals surface area contributed by atoms with Crippen molar-refractivity contribution >= 4 is 5.97 Å². The molecular weight excluding hydrogens is 226 g/mol. The van der Waals surface area contributed by atoms with Crippen molar-refractivity contribution in [1.29, 1.82) is 0 Å². The van der Waals surface area contributed by atoms with Crippen molar-refractivity contribution in [2.45, 2.75) is 13.0 Å². The van der Waals surface area contributed by atoms with Gasteiger partial charge in [0, 0.05) is 10.5 Å². The molecule has 0 aliphatic heterocycles. The topological polar surface area (TPSA) is 78.7 Å². The van der Waals surface area contributed by atoms with Gasteiger partial charge in [0.2, 0.25) is 0 Å². The summed E-state index contributed by atoms with van der Waals surface area (Å²) in [5.41, 5.74) is 0.272. The summed E-state index contributed by atoms with van der Waals surface area (Å²) in [4.78, 5) is 21.6. The fourth-order valence-corrected chi connectivity index (χ4v) is 1.35. The van der Waals surface area contributed by atoms with Crippen molar-refractivity contribution in [2.24, 2.45) is 0 Å². The molecule has 0 radical (unpaired) electrons. The maximum atomic E-state index is 11.4. The predicted octanol–water partition coefficient (Wildman–Crippen LogP) is 1.58. The Hall–Kier alpha value is -2.11. The molecule has 1 unspecified atom stereocenters. The molecule has 1 aromatic rings. The van der Waals surface area contributed by atoms with E-state index in [4.69, 9.17) is 4.74 Å². The quantitative estimate of drug-likeness (QED) is 0.442. The lowest BCUT2D eigenvalue weighted by Crippen LogP contribution is -2.23. The highest BCUT2D eigenvalue weighted by molar-refractivity contribution is 5.76. The lowest BCUT2D eigenvalue weighted by atomic mass is 10.1. The Kier molecular flexibility index (Phi) is 4.45. The molecule has 1 aromatic carbocycles. The molecule has 0 aliphatic rings. The van der Waals surface area contributed by atoms with Gasteiger partial charge >= 0.3 is 12.0 Å². The number of rotatable bonds is 5. The van der Waals surface area contributed by atoms with Crippen molar-refractivity contribution in [1.82, 2.24) is 0 Å². The molecule has 0 amide bonds. The Morgan fingerprint density at radius 2 is 2.00 bits per heavy atom. The number of carbonyl (C=O) groups excluding carboxylic acids is 1.